The summed E-state index contributed by atoms with van der Waals surface area (Å²) in [5.74, 6) is -0.837. The number of hydrogen-bond donors (Lipinski definition) is 1. The number of nitrogens with zero attached hydrogens (tertiary/aromatic N) is 1. The number of para-hydroxylation sites is 1. The van der Waals surface area contributed by atoms with Gasteiger partial charge in [-0.25, -0.2) is 0 Å². The molecular formula is C20H20N2O4. The summed E-state index contributed by atoms with van der Waals surface area (Å²) in [4.78, 5) is 38.3. The zero-order chi connectivity index (χ0) is 18.3. The van der Waals surface area contributed by atoms with Crippen molar-refractivity contribution < 1.29 is 18.8 Å². The van der Waals surface area contributed by atoms with E-state index in [0.29, 0.717) is 18.6 Å². The van der Waals surface area contributed by atoms with Gasteiger partial charge in [0.25, 0.3) is 0 Å². The highest BCUT2D eigenvalue weighted by Gasteiger charge is 2.47. The summed E-state index contributed by atoms with van der Waals surface area (Å²) >= 11 is 0. The number of carbonyl (C=O) groups is 3. The molecule has 1 saturated heterocycles. The van der Waals surface area contributed by atoms with Gasteiger partial charge in [0.2, 0.25) is 17.7 Å². The highest BCUT2D eigenvalue weighted by atomic mass is 16.3. The Morgan fingerprint density at radius 1 is 1.19 bits per heavy atom. The van der Waals surface area contributed by atoms with Crippen molar-refractivity contribution in [2.75, 3.05) is 6.54 Å². The third-order valence-electron chi connectivity index (χ3n) is 5.15. The summed E-state index contributed by atoms with van der Waals surface area (Å²) in [6.45, 7) is 1.57. The van der Waals surface area contributed by atoms with Crippen molar-refractivity contribution in [2.45, 2.75) is 25.8 Å². The highest BCUT2D eigenvalue weighted by Crippen LogP contribution is 2.34. The molecule has 26 heavy (non-hydrogen) atoms. The lowest BCUT2D eigenvalue weighted by Crippen LogP contribution is -2.41. The lowest BCUT2D eigenvalue weighted by Gasteiger charge is -2.16. The van der Waals surface area contributed by atoms with Crippen LogP contribution in [0.2, 0.25) is 0 Å². The largest absolute Gasteiger partial charge is 0.459 e. The van der Waals surface area contributed by atoms with E-state index in [1.54, 1.807) is 0 Å². The molecule has 2 heterocycles. The van der Waals surface area contributed by atoms with E-state index < -0.39 is 0 Å². The fraction of sp³-hybridized carbons (Fsp3) is 0.350. The first-order valence-corrected chi connectivity index (χ1v) is 8.82. The van der Waals surface area contributed by atoms with Crippen LogP contribution < -0.4 is 5.32 Å². The number of allylic oxidation sites excluding steroid dienone is 2. The molecule has 1 aromatic heterocycles. The predicted octanol–water partition coefficient (Wildman–Crippen LogP) is 2.56. The maximum atomic E-state index is 12.4. The van der Waals surface area contributed by atoms with Crippen molar-refractivity contribution in [3.63, 3.8) is 0 Å². The van der Waals surface area contributed by atoms with Crippen LogP contribution in [-0.2, 0) is 14.4 Å². The van der Waals surface area contributed by atoms with E-state index in [1.165, 1.54) is 0 Å². The second-order valence-electron chi connectivity index (χ2n) is 6.89. The Bertz CT molecular complexity index is 854. The minimum Gasteiger partial charge on any atom is -0.459 e. The molecule has 6 nitrogen and oxygen atoms in total. The molecular weight excluding hydrogens is 332 g/mol. The molecule has 0 bridgehead atoms. The lowest BCUT2D eigenvalue weighted by molar-refractivity contribution is -0.143. The summed E-state index contributed by atoms with van der Waals surface area (Å²) in [6.07, 6.45) is 5.00. The van der Waals surface area contributed by atoms with Gasteiger partial charge in [0.15, 0.2) is 0 Å². The summed E-state index contributed by atoms with van der Waals surface area (Å²) in [5.41, 5.74) is 0.755. The van der Waals surface area contributed by atoms with Gasteiger partial charge in [-0.05, 0) is 31.9 Å². The van der Waals surface area contributed by atoms with E-state index in [2.05, 4.69) is 5.32 Å². The van der Waals surface area contributed by atoms with Crippen LogP contribution in [-0.4, -0.2) is 29.2 Å². The number of amides is 3. The molecule has 1 aliphatic carbocycles. The van der Waals surface area contributed by atoms with Gasteiger partial charge in [0.1, 0.15) is 17.9 Å². The molecule has 3 amide bonds. The summed E-state index contributed by atoms with van der Waals surface area (Å²) in [6, 6.07) is 9.14. The van der Waals surface area contributed by atoms with Gasteiger partial charge >= 0.3 is 0 Å². The molecule has 3 atom stereocenters. The molecule has 1 fully saturated rings. The second-order valence-corrected chi connectivity index (χ2v) is 6.89. The first kappa shape index (κ1) is 16.6. The number of rotatable bonds is 4. The minimum atomic E-state index is -0.369. The average Bonchev–Trinajstić information content (AvgIpc) is 3.18. The van der Waals surface area contributed by atoms with Gasteiger partial charge in [-0.1, -0.05) is 30.4 Å². The fourth-order valence-corrected chi connectivity index (χ4v) is 3.74. The van der Waals surface area contributed by atoms with E-state index in [0.717, 1.165) is 15.9 Å². The van der Waals surface area contributed by atoms with Gasteiger partial charge in [0.05, 0.1) is 17.9 Å². The third-order valence-corrected chi connectivity index (χ3v) is 5.15. The molecule has 0 unspecified atom stereocenters. The van der Waals surface area contributed by atoms with Gasteiger partial charge in [-0.2, -0.15) is 0 Å². The molecule has 134 valence electrons. The molecule has 0 spiro atoms. The Morgan fingerprint density at radius 2 is 1.85 bits per heavy atom. The van der Waals surface area contributed by atoms with Crippen LogP contribution in [0.1, 0.15) is 31.6 Å². The van der Waals surface area contributed by atoms with Crippen LogP contribution in [0.25, 0.3) is 11.0 Å². The Balaban J connectivity index is 1.42. The minimum absolute atomic E-state index is 0.240. The van der Waals surface area contributed by atoms with Crippen molar-refractivity contribution in [1.29, 1.82) is 0 Å². The number of fused-ring (bicyclic) bond motifs is 2. The monoisotopic (exact) mass is 352 g/mol. The van der Waals surface area contributed by atoms with Crippen molar-refractivity contribution in [3.8, 4) is 0 Å². The van der Waals surface area contributed by atoms with Crippen LogP contribution in [0.15, 0.2) is 46.9 Å². The SMILES string of the molecule is C[C@H](NC(=O)CN1C(=O)[C@H]2CC=CC[C@H]2C1=O)c1cc2ccccc2o1. The zero-order valence-electron chi connectivity index (χ0n) is 14.5. The predicted molar refractivity (Wildman–Crippen MR) is 94.8 cm³/mol. The maximum Gasteiger partial charge on any atom is 0.240 e. The summed E-state index contributed by atoms with van der Waals surface area (Å²) in [5, 5.41) is 3.78. The molecule has 1 N–H and O–H groups in total. The van der Waals surface area contributed by atoms with E-state index in [1.807, 2.05) is 49.4 Å². The number of furan rings is 1. The van der Waals surface area contributed by atoms with Crippen LogP contribution >= 0.6 is 0 Å². The van der Waals surface area contributed by atoms with E-state index in [-0.39, 0.29) is 42.1 Å². The smallest absolute Gasteiger partial charge is 0.240 e. The first-order valence-electron chi connectivity index (χ1n) is 8.82. The average molecular weight is 352 g/mol. The molecule has 4 rings (SSSR count). The first-order chi connectivity index (χ1) is 12.5. The number of hydrogen-bond acceptors (Lipinski definition) is 4. The van der Waals surface area contributed by atoms with Crippen LogP contribution in [0.4, 0.5) is 0 Å². The van der Waals surface area contributed by atoms with Crippen molar-refractivity contribution in [2.24, 2.45) is 11.8 Å². The third kappa shape index (κ3) is 2.81. The topological polar surface area (TPSA) is 79.6 Å². The van der Waals surface area contributed by atoms with Gasteiger partial charge < -0.3 is 9.73 Å². The normalized spacial score (nSPS) is 23.3. The molecule has 2 aromatic rings. The number of imide groups is 1. The van der Waals surface area contributed by atoms with Crippen molar-refractivity contribution in [1.82, 2.24) is 10.2 Å². The summed E-state index contributed by atoms with van der Waals surface area (Å²) in [7, 11) is 0. The second kappa shape index (κ2) is 6.44. The Morgan fingerprint density at radius 3 is 2.50 bits per heavy atom. The quantitative estimate of drug-likeness (QED) is 0.677. The van der Waals surface area contributed by atoms with E-state index in [9.17, 15) is 14.4 Å². The summed E-state index contributed by atoms with van der Waals surface area (Å²) < 4.78 is 5.75. The molecule has 1 aliphatic heterocycles. The molecule has 1 aromatic carbocycles. The molecule has 2 aliphatic rings. The van der Waals surface area contributed by atoms with Crippen molar-refractivity contribution >= 4 is 28.7 Å². The fourth-order valence-electron chi connectivity index (χ4n) is 3.74. The highest BCUT2D eigenvalue weighted by molar-refractivity contribution is 6.07. The Kier molecular flexibility index (Phi) is 4.11. The number of likely N-dealkylation sites (tertiary alicyclic amines) is 1. The van der Waals surface area contributed by atoms with Crippen LogP contribution in [0.3, 0.4) is 0 Å². The number of carbonyl (C=O) groups excluding carboxylic acids is 3. The van der Waals surface area contributed by atoms with Gasteiger partial charge in [-0.3, -0.25) is 19.3 Å². The van der Waals surface area contributed by atoms with Gasteiger partial charge in [-0.15, -0.1) is 0 Å². The van der Waals surface area contributed by atoms with Crippen molar-refractivity contribution in [3.05, 3.63) is 48.2 Å². The van der Waals surface area contributed by atoms with Crippen LogP contribution in [0.5, 0.6) is 0 Å². The molecule has 0 radical (unpaired) electrons. The van der Waals surface area contributed by atoms with Gasteiger partial charge in [0, 0.05) is 5.39 Å². The Hall–Kier alpha value is -2.89. The Labute approximate surface area is 150 Å². The van der Waals surface area contributed by atoms with E-state index in [4.69, 9.17) is 4.42 Å². The lowest BCUT2D eigenvalue weighted by atomic mass is 9.85. The van der Waals surface area contributed by atoms with E-state index >= 15 is 0 Å². The zero-order valence-corrected chi connectivity index (χ0v) is 14.5. The molecule has 0 saturated carbocycles. The maximum absolute atomic E-state index is 12.4. The van der Waals surface area contributed by atoms with Crippen LogP contribution in [0, 0.1) is 11.8 Å². The number of nitrogens with one attached hydrogen (secondary N) is 1. The molecule has 6 heteroatoms. The number of benzene rings is 1. The standard InChI is InChI=1S/C20H20N2O4/c1-12(17-10-13-6-2-5-9-16(13)26-17)21-18(23)11-22-19(24)14-7-3-4-8-15(14)20(22)25/h2-6,9-10,12,14-15H,7-8,11H2,1H3,(H,21,23)/t12-,14-,15+/m0/s1.